The number of methoxy groups -OCH3 is 1. The predicted octanol–water partition coefficient (Wildman–Crippen LogP) is 3.21. The Morgan fingerprint density at radius 2 is 2.18 bits per heavy atom. The predicted molar refractivity (Wildman–Crippen MR) is 68.1 cm³/mol. The highest BCUT2D eigenvalue weighted by atomic mass is 16.5. The average molecular weight is 234 g/mol. The van der Waals surface area contributed by atoms with Crippen molar-refractivity contribution in [1.29, 1.82) is 0 Å². The second-order valence-electron chi connectivity index (χ2n) is 4.34. The van der Waals surface area contributed by atoms with E-state index in [0.29, 0.717) is 5.92 Å². The lowest BCUT2D eigenvalue weighted by molar-refractivity contribution is -0.131. The third-order valence-corrected chi connectivity index (χ3v) is 2.37. The summed E-state index contributed by atoms with van der Waals surface area (Å²) >= 11 is 0. The highest BCUT2D eigenvalue weighted by Crippen LogP contribution is 2.25. The number of hydrogen-bond donors (Lipinski definition) is 1. The number of aliphatic carboxylic acids is 1. The molecule has 1 aromatic carbocycles. The molecule has 1 aromatic rings. The van der Waals surface area contributed by atoms with E-state index in [-0.39, 0.29) is 0 Å². The van der Waals surface area contributed by atoms with Crippen molar-refractivity contribution < 1.29 is 14.6 Å². The highest BCUT2D eigenvalue weighted by molar-refractivity contribution is 5.90. The molecular weight excluding hydrogens is 216 g/mol. The van der Waals surface area contributed by atoms with Gasteiger partial charge in [0, 0.05) is 6.08 Å². The van der Waals surface area contributed by atoms with Gasteiger partial charge in [0.2, 0.25) is 0 Å². The van der Waals surface area contributed by atoms with E-state index in [2.05, 4.69) is 13.8 Å². The topological polar surface area (TPSA) is 46.5 Å². The summed E-state index contributed by atoms with van der Waals surface area (Å²) in [6.45, 7) is 4.13. The maximum absolute atomic E-state index is 10.8. The molecule has 0 heterocycles. The van der Waals surface area contributed by atoms with Crippen LogP contribution in [0.2, 0.25) is 0 Å². The minimum atomic E-state index is -0.913. The normalized spacial score (nSPS) is 11.6. The zero-order valence-electron chi connectivity index (χ0n) is 10.4. The van der Waals surface area contributed by atoms with Gasteiger partial charge in [-0.15, -0.1) is 0 Å². The number of rotatable bonds is 5. The molecule has 0 atom stereocenters. The molecular formula is C14H18O3. The molecule has 0 aromatic heterocycles. The molecule has 0 aliphatic carbocycles. The first-order valence-corrected chi connectivity index (χ1v) is 5.61. The fraction of sp³-hybridized carbons (Fsp3) is 0.357. The van der Waals surface area contributed by atoms with Gasteiger partial charge >= 0.3 is 5.97 Å². The minimum absolute atomic E-state index is 0.409. The summed E-state index contributed by atoms with van der Waals surface area (Å²) in [5.74, 6) is 0.234. The Hall–Kier alpha value is -1.77. The van der Waals surface area contributed by atoms with Crippen molar-refractivity contribution >= 4 is 11.5 Å². The van der Waals surface area contributed by atoms with E-state index >= 15 is 0 Å². The largest absolute Gasteiger partial charge is 0.497 e. The van der Waals surface area contributed by atoms with Crippen LogP contribution in [0.15, 0.2) is 30.3 Å². The number of carboxylic acids is 1. The first-order chi connectivity index (χ1) is 8.02. The van der Waals surface area contributed by atoms with E-state index in [0.717, 1.165) is 23.3 Å². The zero-order valence-corrected chi connectivity index (χ0v) is 10.4. The maximum Gasteiger partial charge on any atom is 0.328 e. The van der Waals surface area contributed by atoms with Crippen LogP contribution in [0.25, 0.3) is 5.57 Å². The van der Waals surface area contributed by atoms with E-state index < -0.39 is 5.97 Å². The Kier molecular flexibility index (Phi) is 4.76. The molecule has 0 spiro atoms. The SMILES string of the molecule is COc1cccc(/C(=C/C(=O)O)CC(C)C)c1. The smallest absolute Gasteiger partial charge is 0.328 e. The van der Waals surface area contributed by atoms with Crippen LogP contribution in [0, 0.1) is 5.92 Å². The van der Waals surface area contributed by atoms with E-state index in [1.165, 1.54) is 6.08 Å². The summed E-state index contributed by atoms with van der Waals surface area (Å²) in [6.07, 6.45) is 2.01. The minimum Gasteiger partial charge on any atom is -0.497 e. The molecule has 92 valence electrons. The van der Waals surface area contributed by atoms with Crippen LogP contribution in [0.1, 0.15) is 25.8 Å². The molecule has 1 rings (SSSR count). The van der Waals surface area contributed by atoms with Crippen LogP contribution < -0.4 is 4.74 Å². The number of carboxylic acid groups (broad SMARTS) is 1. The van der Waals surface area contributed by atoms with Crippen LogP contribution in [-0.4, -0.2) is 18.2 Å². The van der Waals surface area contributed by atoms with Gasteiger partial charge in [0.25, 0.3) is 0 Å². The average Bonchev–Trinajstić information content (AvgIpc) is 2.27. The molecule has 3 nitrogen and oxygen atoms in total. The van der Waals surface area contributed by atoms with Gasteiger partial charge in [0.05, 0.1) is 7.11 Å². The molecule has 0 radical (unpaired) electrons. The summed E-state index contributed by atoms with van der Waals surface area (Å²) in [7, 11) is 1.60. The Balaban J connectivity index is 3.08. The van der Waals surface area contributed by atoms with Gasteiger partial charge < -0.3 is 9.84 Å². The van der Waals surface area contributed by atoms with Gasteiger partial charge in [-0.2, -0.15) is 0 Å². The van der Waals surface area contributed by atoms with E-state index in [1.807, 2.05) is 24.3 Å². The van der Waals surface area contributed by atoms with E-state index in [1.54, 1.807) is 7.11 Å². The summed E-state index contributed by atoms with van der Waals surface area (Å²) in [5.41, 5.74) is 1.73. The number of carbonyl (C=O) groups is 1. The van der Waals surface area contributed by atoms with Crippen LogP contribution in [-0.2, 0) is 4.79 Å². The molecule has 3 heteroatoms. The second kappa shape index (κ2) is 6.09. The van der Waals surface area contributed by atoms with Gasteiger partial charge in [0.15, 0.2) is 0 Å². The van der Waals surface area contributed by atoms with Gasteiger partial charge in [-0.1, -0.05) is 26.0 Å². The zero-order chi connectivity index (χ0) is 12.8. The van der Waals surface area contributed by atoms with Gasteiger partial charge in [-0.25, -0.2) is 4.79 Å². The molecule has 0 saturated heterocycles. The maximum atomic E-state index is 10.8. The summed E-state index contributed by atoms with van der Waals surface area (Å²) in [6, 6.07) is 7.47. The van der Waals surface area contributed by atoms with Crippen LogP contribution in [0.3, 0.4) is 0 Å². The quantitative estimate of drug-likeness (QED) is 0.796. The van der Waals surface area contributed by atoms with Gasteiger partial charge in [-0.05, 0) is 35.6 Å². The van der Waals surface area contributed by atoms with Crippen molar-refractivity contribution in [3.63, 3.8) is 0 Å². The molecule has 0 aliphatic rings. The van der Waals surface area contributed by atoms with Gasteiger partial charge in [-0.3, -0.25) is 0 Å². The summed E-state index contributed by atoms with van der Waals surface area (Å²) < 4.78 is 5.14. The van der Waals surface area contributed by atoms with Crippen molar-refractivity contribution in [2.45, 2.75) is 20.3 Å². The highest BCUT2D eigenvalue weighted by Gasteiger charge is 2.07. The van der Waals surface area contributed by atoms with Crippen molar-refractivity contribution in [2.24, 2.45) is 5.92 Å². The van der Waals surface area contributed by atoms with Gasteiger partial charge in [0.1, 0.15) is 5.75 Å². The van der Waals surface area contributed by atoms with Crippen molar-refractivity contribution in [3.8, 4) is 5.75 Å². The van der Waals surface area contributed by atoms with E-state index in [4.69, 9.17) is 9.84 Å². The van der Waals surface area contributed by atoms with Crippen molar-refractivity contribution in [2.75, 3.05) is 7.11 Å². The number of benzene rings is 1. The first-order valence-electron chi connectivity index (χ1n) is 5.61. The van der Waals surface area contributed by atoms with Crippen LogP contribution >= 0.6 is 0 Å². The van der Waals surface area contributed by atoms with Crippen molar-refractivity contribution in [3.05, 3.63) is 35.9 Å². The molecule has 17 heavy (non-hydrogen) atoms. The molecule has 0 bridgehead atoms. The van der Waals surface area contributed by atoms with Crippen LogP contribution in [0.4, 0.5) is 0 Å². The Morgan fingerprint density at radius 1 is 1.47 bits per heavy atom. The molecule has 0 unspecified atom stereocenters. The lowest BCUT2D eigenvalue weighted by Crippen LogP contribution is -1.97. The summed E-state index contributed by atoms with van der Waals surface area (Å²) in [4.78, 5) is 10.8. The lowest BCUT2D eigenvalue weighted by Gasteiger charge is -2.11. The molecule has 0 fully saturated rings. The molecule has 0 amide bonds. The third-order valence-electron chi connectivity index (χ3n) is 2.37. The number of hydrogen-bond acceptors (Lipinski definition) is 2. The monoisotopic (exact) mass is 234 g/mol. The van der Waals surface area contributed by atoms with Crippen molar-refractivity contribution in [1.82, 2.24) is 0 Å². The Bertz CT molecular complexity index is 419. The third kappa shape index (κ3) is 4.31. The lowest BCUT2D eigenvalue weighted by atomic mass is 9.96. The Labute approximate surface area is 102 Å². The van der Waals surface area contributed by atoms with E-state index in [9.17, 15) is 4.79 Å². The molecule has 1 N–H and O–H groups in total. The fourth-order valence-electron chi connectivity index (χ4n) is 1.67. The first kappa shape index (κ1) is 13.3. The number of allylic oxidation sites excluding steroid dienone is 1. The van der Waals surface area contributed by atoms with Crippen LogP contribution in [0.5, 0.6) is 5.75 Å². The molecule has 0 aliphatic heterocycles. The second-order valence-corrected chi connectivity index (χ2v) is 4.34. The Morgan fingerprint density at radius 3 is 2.71 bits per heavy atom. The summed E-state index contributed by atoms with van der Waals surface area (Å²) in [5, 5.41) is 8.88. The molecule has 0 saturated carbocycles. The fourth-order valence-corrected chi connectivity index (χ4v) is 1.67. The standard InChI is InChI=1S/C14H18O3/c1-10(2)7-12(9-14(15)16)11-5-4-6-13(8-11)17-3/h4-6,8-10H,7H2,1-3H3,(H,15,16)/b12-9+. The number of ether oxygens (including phenoxy) is 1.